The molecule has 1 atom stereocenters. The van der Waals surface area contributed by atoms with Crippen LogP contribution in [0.2, 0.25) is 5.02 Å². The van der Waals surface area contributed by atoms with Gasteiger partial charge in [0.25, 0.3) is 5.91 Å². The fourth-order valence-corrected chi connectivity index (χ4v) is 1.59. The van der Waals surface area contributed by atoms with Crippen LogP contribution in [0.25, 0.3) is 0 Å². The summed E-state index contributed by atoms with van der Waals surface area (Å²) in [4.78, 5) is 33.2. The Morgan fingerprint density at radius 2 is 1.90 bits per heavy atom. The first-order valence-corrected chi connectivity index (χ1v) is 6.45. The van der Waals surface area contributed by atoms with Gasteiger partial charge in [0.15, 0.2) is 6.61 Å². The Labute approximate surface area is 126 Å². The van der Waals surface area contributed by atoms with E-state index in [0.717, 1.165) is 0 Å². The van der Waals surface area contributed by atoms with E-state index in [-0.39, 0.29) is 19.4 Å². The largest absolute Gasteiger partial charge is 0.484 e. The molecule has 1 aromatic rings. The van der Waals surface area contributed by atoms with E-state index in [2.05, 4.69) is 5.32 Å². The first-order valence-electron chi connectivity index (χ1n) is 6.07. The van der Waals surface area contributed by atoms with Gasteiger partial charge in [0.1, 0.15) is 11.8 Å². The number of carbonyl (C=O) groups is 3. The quantitative estimate of drug-likeness (QED) is 0.647. The lowest BCUT2D eigenvalue weighted by Gasteiger charge is -2.14. The highest BCUT2D eigenvalue weighted by atomic mass is 35.5. The molecule has 0 aliphatic carbocycles. The van der Waals surface area contributed by atoms with Gasteiger partial charge in [-0.3, -0.25) is 9.59 Å². The predicted octanol–water partition coefficient (Wildman–Crippen LogP) is 0.554. The van der Waals surface area contributed by atoms with Gasteiger partial charge >= 0.3 is 5.97 Å². The molecule has 0 radical (unpaired) electrons. The van der Waals surface area contributed by atoms with Gasteiger partial charge in [-0.2, -0.15) is 0 Å². The van der Waals surface area contributed by atoms with Crippen molar-refractivity contribution in [2.24, 2.45) is 5.73 Å². The highest BCUT2D eigenvalue weighted by Crippen LogP contribution is 2.15. The molecule has 4 N–H and O–H groups in total. The summed E-state index contributed by atoms with van der Waals surface area (Å²) in [5, 5.41) is 11.7. The van der Waals surface area contributed by atoms with Crippen LogP contribution in [0, 0.1) is 0 Å². The van der Waals surface area contributed by atoms with Crippen molar-refractivity contribution in [3.8, 4) is 5.75 Å². The second-order valence-electron chi connectivity index (χ2n) is 4.21. The van der Waals surface area contributed by atoms with Gasteiger partial charge in [-0.15, -0.1) is 0 Å². The minimum Gasteiger partial charge on any atom is -0.484 e. The van der Waals surface area contributed by atoms with E-state index in [0.29, 0.717) is 10.8 Å². The Hall–Kier alpha value is -2.28. The number of amides is 2. The Balaban J connectivity index is 2.44. The number of halogens is 1. The summed E-state index contributed by atoms with van der Waals surface area (Å²) in [7, 11) is 0. The van der Waals surface area contributed by atoms with Gasteiger partial charge in [-0.25, -0.2) is 4.79 Å². The van der Waals surface area contributed by atoms with Crippen molar-refractivity contribution >= 4 is 29.4 Å². The number of hydrogen-bond donors (Lipinski definition) is 3. The fraction of sp³-hybridized carbons (Fsp3) is 0.308. The van der Waals surface area contributed by atoms with Crippen LogP contribution >= 0.6 is 11.6 Å². The minimum atomic E-state index is -1.24. The van der Waals surface area contributed by atoms with Crippen LogP contribution in [0.3, 0.4) is 0 Å². The maximum Gasteiger partial charge on any atom is 0.326 e. The number of primary amides is 1. The third-order valence-electron chi connectivity index (χ3n) is 2.50. The number of hydrogen-bond acceptors (Lipinski definition) is 4. The molecular formula is C13H15ClN2O5. The first kappa shape index (κ1) is 16.8. The lowest BCUT2D eigenvalue weighted by atomic mass is 10.1. The second-order valence-corrected chi connectivity index (χ2v) is 4.64. The first-order chi connectivity index (χ1) is 9.88. The summed E-state index contributed by atoms with van der Waals surface area (Å²) < 4.78 is 5.17. The molecule has 0 unspecified atom stereocenters. The number of rotatable bonds is 8. The maximum atomic E-state index is 11.6. The van der Waals surface area contributed by atoms with Crippen LogP contribution in [0.15, 0.2) is 24.3 Å². The van der Waals surface area contributed by atoms with Crippen LogP contribution in [0.1, 0.15) is 12.8 Å². The number of ether oxygens (including phenoxy) is 1. The summed E-state index contributed by atoms with van der Waals surface area (Å²) >= 11 is 5.70. The molecule has 0 fully saturated rings. The zero-order valence-electron chi connectivity index (χ0n) is 11.0. The fourth-order valence-electron chi connectivity index (χ4n) is 1.46. The molecule has 114 valence electrons. The molecule has 0 spiro atoms. The van der Waals surface area contributed by atoms with E-state index in [4.69, 9.17) is 27.2 Å². The smallest absolute Gasteiger partial charge is 0.326 e. The Bertz CT molecular complexity index is 518. The SMILES string of the molecule is NC(=O)CC[C@@H](NC(=O)COc1ccc(Cl)cc1)C(=O)O. The van der Waals surface area contributed by atoms with Gasteiger partial charge < -0.3 is 20.9 Å². The van der Waals surface area contributed by atoms with E-state index in [1.165, 1.54) is 0 Å². The number of aliphatic carboxylic acids is 1. The molecule has 0 saturated heterocycles. The van der Waals surface area contributed by atoms with Gasteiger partial charge in [0.05, 0.1) is 0 Å². The standard InChI is InChI=1S/C13H15ClN2O5/c14-8-1-3-9(4-2-8)21-7-12(18)16-10(13(19)20)5-6-11(15)17/h1-4,10H,5-7H2,(H2,15,17)(H,16,18)(H,19,20)/t10-/m1/s1. The van der Waals surface area contributed by atoms with Crippen LogP contribution in [0.5, 0.6) is 5.75 Å². The average molecular weight is 315 g/mol. The van der Waals surface area contributed by atoms with Crippen LogP contribution in [-0.2, 0) is 14.4 Å². The summed E-state index contributed by atoms with van der Waals surface area (Å²) in [6.45, 7) is -0.345. The lowest BCUT2D eigenvalue weighted by molar-refractivity contribution is -0.142. The monoisotopic (exact) mass is 314 g/mol. The Morgan fingerprint density at radius 3 is 2.43 bits per heavy atom. The molecule has 1 aromatic carbocycles. The molecule has 8 heteroatoms. The van der Waals surface area contributed by atoms with Gasteiger partial charge in [0, 0.05) is 11.4 Å². The summed E-state index contributed by atoms with van der Waals surface area (Å²) in [6, 6.07) is 5.18. The lowest BCUT2D eigenvalue weighted by Crippen LogP contribution is -2.43. The van der Waals surface area contributed by atoms with Gasteiger partial charge in [-0.05, 0) is 30.7 Å². The highest BCUT2D eigenvalue weighted by molar-refractivity contribution is 6.30. The van der Waals surface area contributed by atoms with Crippen molar-refractivity contribution in [1.29, 1.82) is 0 Å². The molecule has 7 nitrogen and oxygen atoms in total. The number of carbonyl (C=O) groups excluding carboxylic acids is 2. The van der Waals surface area contributed by atoms with Crippen LogP contribution < -0.4 is 15.8 Å². The number of carboxylic acid groups (broad SMARTS) is 1. The van der Waals surface area contributed by atoms with E-state index in [1.54, 1.807) is 24.3 Å². The number of carboxylic acids is 1. The van der Waals surface area contributed by atoms with Crippen molar-refractivity contribution in [3.05, 3.63) is 29.3 Å². The zero-order chi connectivity index (χ0) is 15.8. The molecular weight excluding hydrogens is 300 g/mol. The molecule has 2 amide bonds. The molecule has 0 aliphatic heterocycles. The van der Waals surface area contributed by atoms with E-state index >= 15 is 0 Å². The zero-order valence-corrected chi connectivity index (χ0v) is 11.8. The molecule has 0 bridgehead atoms. The van der Waals surface area contributed by atoms with Crippen molar-refractivity contribution in [1.82, 2.24) is 5.32 Å². The molecule has 0 aliphatic rings. The Morgan fingerprint density at radius 1 is 1.29 bits per heavy atom. The molecule has 1 rings (SSSR count). The summed E-state index contributed by atoms with van der Waals surface area (Å²) in [5.41, 5.74) is 4.94. The average Bonchev–Trinajstić information content (AvgIpc) is 2.42. The van der Waals surface area contributed by atoms with Crippen molar-refractivity contribution in [3.63, 3.8) is 0 Å². The third kappa shape index (κ3) is 6.62. The van der Waals surface area contributed by atoms with E-state index in [1.807, 2.05) is 0 Å². The van der Waals surface area contributed by atoms with E-state index in [9.17, 15) is 14.4 Å². The second kappa shape index (κ2) is 8.11. The van der Waals surface area contributed by atoms with Crippen molar-refractivity contribution in [2.45, 2.75) is 18.9 Å². The summed E-state index contributed by atoms with van der Waals surface area (Å²) in [6.07, 6.45) is -0.202. The molecule has 0 saturated carbocycles. The number of benzene rings is 1. The maximum absolute atomic E-state index is 11.6. The predicted molar refractivity (Wildman–Crippen MR) is 74.9 cm³/mol. The summed E-state index contributed by atoms with van der Waals surface area (Å²) in [5.74, 6) is -2.05. The number of nitrogens with one attached hydrogen (secondary N) is 1. The number of nitrogens with two attached hydrogens (primary N) is 1. The topological polar surface area (TPSA) is 119 Å². The van der Waals surface area contributed by atoms with Crippen LogP contribution in [0.4, 0.5) is 0 Å². The molecule has 21 heavy (non-hydrogen) atoms. The van der Waals surface area contributed by atoms with E-state index < -0.39 is 23.8 Å². The normalized spacial score (nSPS) is 11.5. The third-order valence-corrected chi connectivity index (χ3v) is 2.75. The highest BCUT2D eigenvalue weighted by Gasteiger charge is 2.20. The minimum absolute atomic E-state index is 0.0721. The van der Waals surface area contributed by atoms with Gasteiger partial charge in [0.2, 0.25) is 5.91 Å². The van der Waals surface area contributed by atoms with Crippen molar-refractivity contribution in [2.75, 3.05) is 6.61 Å². The van der Waals surface area contributed by atoms with Crippen molar-refractivity contribution < 1.29 is 24.2 Å². The Kier molecular flexibility index (Phi) is 6.48. The molecule has 0 heterocycles. The van der Waals surface area contributed by atoms with Gasteiger partial charge in [-0.1, -0.05) is 11.6 Å². The molecule has 0 aromatic heterocycles. The van der Waals surface area contributed by atoms with Crippen LogP contribution in [-0.4, -0.2) is 35.5 Å².